The topological polar surface area (TPSA) is 56.2 Å². The third-order valence-electron chi connectivity index (χ3n) is 3.91. The molecule has 1 heterocycles. The van der Waals surface area contributed by atoms with Gasteiger partial charge in [0, 0.05) is 0 Å². The predicted molar refractivity (Wildman–Crippen MR) is 98.5 cm³/mol. The molecule has 3 aromatic rings. The van der Waals surface area contributed by atoms with E-state index >= 15 is 0 Å². The van der Waals surface area contributed by atoms with E-state index in [9.17, 15) is 4.79 Å². The van der Waals surface area contributed by atoms with Crippen molar-refractivity contribution >= 4 is 16.9 Å². The number of amides is 1. The fourth-order valence-corrected chi connectivity index (χ4v) is 2.71. The van der Waals surface area contributed by atoms with Crippen LogP contribution >= 0.6 is 0 Å². The van der Waals surface area contributed by atoms with Crippen molar-refractivity contribution in [3.8, 4) is 5.75 Å². The lowest BCUT2D eigenvalue weighted by Gasteiger charge is -2.11. The van der Waals surface area contributed by atoms with Gasteiger partial charge in [-0.05, 0) is 42.8 Å². The van der Waals surface area contributed by atoms with Gasteiger partial charge in [0.25, 0.3) is 0 Å². The van der Waals surface area contributed by atoms with E-state index in [-0.39, 0.29) is 5.91 Å². The third kappa shape index (κ3) is 4.07. The van der Waals surface area contributed by atoms with Gasteiger partial charge in [0.15, 0.2) is 0 Å². The zero-order valence-corrected chi connectivity index (χ0v) is 14.2. The van der Waals surface area contributed by atoms with Crippen LogP contribution in [0.25, 0.3) is 11.0 Å². The van der Waals surface area contributed by atoms with Crippen LogP contribution in [0.1, 0.15) is 11.4 Å². The quantitative estimate of drug-likeness (QED) is 0.675. The molecule has 0 radical (unpaired) electrons. The van der Waals surface area contributed by atoms with E-state index in [0.29, 0.717) is 19.7 Å². The first kappa shape index (κ1) is 16.8. The minimum atomic E-state index is -0.213. The van der Waals surface area contributed by atoms with Gasteiger partial charge in [0.05, 0.1) is 24.1 Å². The third-order valence-corrected chi connectivity index (χ3v) is 3.91. The average molecular weight is 335 g/mol. The Labute approximate surface area is 146 Å². The number of aromatic nitrogens is 2. The molecule has 3 rings (SSSR count). The number of rotatable bonds is 7. The Morgan fingerprint density at radius 2 is 2.12 bits per heavy atom. The van der Waals surface area contributed by atoms with Crippen LogP contribution in [0.2, 0.25) is 0 Å². The lowest BCUT2D eigenvalue weighted by Crippen LogP contribution is -2.23. The minimum Gasteiger partial charge on any atom is -0.492 e. The second-order valence-electron chi connectivity index (χ2n) is 5.76. The summed E-state index contributed by atoms with van der Waals surface area (Å²) in [5.41, 5.74) is 3.09. The highest BCUT2D eigenvalue weighted by Gasteiger charge is 2.11. The monoisotopic (exact) mass is 335 g/mol. The zero-order chi connectivity index (χ0) is 17.6. The van der Waals surface area contributed by atoms with E-state index in [1.165, 1.54) is 11.6 Å². The molecule has 0 fully saturated rings. The van der Waals surface area contributed by atoms with Crippen molar-refractivity contribution in [1.29, 1.82) is 0 Å². The molecule has 0 unspecified atom stereocenters. The molecule has 5 nitrogen and oxygen atoms in total. The fourth-order valence-electron chi connectivity index (χ4n) is 2.71. The molecule has 0 atom stereocenters. The van der Waals surface area contributed by atoms with Crippen LogP contribution in [0, 0.1) is 6.92 Å². The van der Waals surface area contributed by atoms with Crippen molar-refractivity contribution in [2.24, 2.45) is 0 Å². The smallest absolute Gasteiger partial charge is 0.243 e. The number of nitrogens with one attached hydrogen (secondary N) is 1. The number of carbonyl (C=O) groups is 1. The van der Waals surface area contributed by atoms with Crippen molar-refractivity contribution in [3.63, 3.8) is 0 Å². The van der Waals surface area contributed by atoms with E-state index in [1.54, 1.807) is 0 Å². The van der Waals surface area contributed by atoms with Crippen LogP contribution in [0.4, 0.5) is 0 Å². The molecule has 5 heteroatoms. The van der Waals surface area contributed by atoms with Crippen molar-refractivity contribution < 1.29 is 9.53 Å². The molecule has 1 aromatic heterocycles. The van der Waals surface area contributed by atoms with E-state index in [2.05, 4.69) is 21.4 Å². The highest BCUT2D eigenvalue weighted by molar-refractivity contribution is 5.86. The normalized spacial score (nSPS) is 10.6. The number of imidazole rings is 1. The summed E-state index contributed by atoms with van der Waals surface area (Å²) >= 11 is 0. The molecule has 0 spiro atoms. The summed E-state index contributed by atoms with van der Waals surface area (Å²) in [6.07, 6.45) is 1.26. The maximum absolute atomic E-state index is 11.5. The summed E-state index contributed by atoms with van der Waals surface area (Å²) in [5.74, 6) is 1.43. The number of aryl methyl sites for hydroxylation is 1. The van der Waals surface area contributed by atoms with Gasteiger partial charge in [0.1, 0.15) is 18.2 Å². The van der Waals surface area contributed by atoms with Gasteiger partial charge in [-0.15, -0.1) is 0 Å². The summed E-state index contributed by atoms with van der Waals surface area (Å²) in [6, 6.07) is 15.9. The molecule has 0 saturated carbocycles. The van der Waals surface area contributed by atoms with E-state index in [1.807, 2.05) is 55.5 Å². The summed E-state index contributed by atoms with van der Waals surface area (Å²) in [7, 11) is 0. The van der Waals surface area contributed by atoms with Crippen LogP contribution < -0.4 is 10.1 Å². The number of hydrogen-bond acceptors (Lipinski definition) is 3. The lowest BCUT2D eigenvalue weighted by atomic mass is 10.2. The average Bonchev–Trinajstić information content (AvgIpc) is 2.97. The first-order chi connectivity index (χ1) is 12.2. The Kier molecular flexibility index (Phi) is 5.14. The molecule has 0 aliphatic carbocycles. The van der Waals surface area contributed by atoms with Gasteiger partial charge in [0.2, 0.25) is 5.91 Å². The van der Waals surface area contributed by atoms with Crippen LogP contribution in [0.15, 0.2) is 61.2 Å². The molecule has 1 amide bonds. The first-order valence-corrected chi connectivity index (χ1v) is 8.21. The SMILES string of the molecule is C=CC(=O)NCc1nc2ccccc2n1CCOc1cccc(C)c1. The Morgan fingerprint density at radius 1 is 1.28 bits per heavy atom. The van der Waals surface area contributed by atoms with Crippen molar-refractivity contribution in [2.45, 2.75) is 20.0 Å². The molecule has 1 N–H and O–H groups in total. The van der Waals surface area contributed by atoms with E-state index < -0.39 is 0 Å². The Hall–Kier alpha value is -3.08. The van der Waals surface area contributed by atoms with Gasteiger partial charge in [-0.2, -0.15) is 0 Å². The largest absolute Gasteiger partial charge is 0.492 e. The zero-order valence-electron chi connectivity index (χ0n) is 14.2. The van der Waals surface area contributed by atoms with Gasteiger partial charge in [-0.3, -0.25) is 4.79 Å². The molecule has 25 heavy (non-hydrogen) atoms. The maximum Gasteiger partial charge on any atom is 0.243 e. The number of nitrogens with zero attached hydrogens (tertiary/aromatic N) is 2. The second kappa shape index (κ2) is 7.66. The maximum atomic E-state index is 11.5. The molecule has 2 aromatic carbocycles. The van der Waals surface area contributed by atoms with Gasteiger partial charge >= 0.3 is 0 Å². The van der Waals surface area contributed by atoms with Crippen LogP contribution in [-0.2, 0) is 17.9 Å². The Bertz CT molecular complexity index is 899. The molecule has 0 saturated heterocycles. The Balaban J connectivity index is 1.76. The number of para-hydroxylation sites is 2. The van der Waals surface area contributed by atoms with Gasteiger partial charge in [-0.25, -0.2) is 4.98 Å². The number of hydrogen-bond donors (Lipinski definition) is 1. The van der Waals surface area contributed by atoms with Crippen molar-refractivity contribution in [1.82, 2.24) is 14.9 Å². The van der Waals surface area contributed by atoms with Crippen molar-refractivity contribution in [2.75, 3.05) is 6.61 Å². The van der Waals surface area contributed by atoms with Gasteiger partial charge in [-0.1, -0.05) is 30.8 Å². The first-order valence-electron chi connectivity index (χ1n) is 8.21. The van der Waals surface area contributed by atoms with Crippen LogP contribution in [-0.4, -0.2) is 22.1 Å². The summed E-state index contributed by atoms with van der Waals surface area (Å²) in [5, 5.41) is 2.78. The van der Waals surface area contributed by atoms with E-state index in [4.69, 9.17) is 4.74 Å². The van der Waals surface area contributed by atoms with Gasteiger partial charge < -0.3 is 14.6 Å². The number of carbonyl (C=O) groups excluding carboxylic acids is 1. The molecule has 0 bridgehead atoms. The standard InChI is InChI=1S/C20H21N3O2/c1-3-20(24)21-14-19-22-17-9-4-5-10-18(17)23(19)11-12-25-16-8-6-7-15(2)13-16/h3-10,13H,1,11-12,14H2,2H3,(H,21,24). The summed E-state index contributed by atoms with van der Waals surface area (Å²) < 4.78 is 7.94. The molecular formula is C20H21N3O2. The number of benzene rings is 2. The summed E-state index contributed by atoms with van der Waals surface area (Å²) in [4.78, 5) is 16.1. The van der Waals surface area contributed by atoms with Crippen molar-refractivity contribution in [3.05, 3.63) is 72.6 Å². The second-order valence-corrected chi connectivity index (χ2v) is 5.76. The van der Waals surface area contributed by atoms with Crippen LogP contribution in [0.3, 0.4) is 0 Å². The molecular weight excluding hydrogens is 314 g/mol. The summed E-state index contributed by atoms with van der Waals surface area (Å²) in [6.45, 7) is 7.03. The van der Waals surface area contributed by atoms with E-state index in [0.717, 1.165) is 22.6 Å². The number of ether oxygens (including phenoxy) is 1. The lowest BCUT2D eigenvalue weighted by molar-refractivity contribution is -0.116. The predicted octanol–water partition coefficient (Wildman–Crippen LogP) is 3.23. The molecule has 0 aliphatic heterocycles. The molecule has 0 aliphatic rings. The highest BCUT2D eigenvalue weighted by atomic mass is 16.5. The minimum absolute atomic E-state index is 0.213. The van der Waals surface area contributed by atoms with Crippen LogP contribution in [0.5, 0.6) is 5.75 Å². The Morgan fingerprint density at radius 3 is 2.92 bits per heavy atom. The molecule has 128 valence electrons. The number of fused-ring (bicyclic) bond motifs is 1. The highest BCUT2D eigenvalue weighted by Crippen LogP contribution is 2.17. The fraction of sp³-hybridized carbons (Fsp3) is 0.200.